The molecular formula is C22H22FN7O. The number of nitrogens with one attached hydrogen (secondary N) is 2. The highest BCUT2D eigenvalue weighted by atomic mass is 19.1. The first-order valence-electron chi connectivity index (χ1n) is 9.93. The average Bonchev–Trinajstić information content (AvgIpc) is 3.18. The van der Waals surface area contributed by atoms with Crippen LogP contribution in [0.2, 0.25) is 0 Å². The van der Waals surface area contributed by atoms with Crippen LogP contribution in [-0.2, 0) is 6.54 Å². The molecule has 1 amide bonds. The van der Waals surface area contributed by atoms with E-state index in [-0.39, 0.29) is 17.3 Å². The van der Waals surface area contributed by atoms with Crippen LogP contribution in [0.1, 0.15) is 41.5 Å². The third-order valence-corrected chi connectivity index (χ3v) is 4.90. The number of hydrogen-bond donors (Lipinski definition) is 2. The zero-order valence-corrected chi connectivity index (χ0v) is 17.4. The second kappa shape index (κ2) is 8.47. The van der Waals surface area contributed by atoms with E-state index in [4.69, 9.17) is 0 Å². The van der Waals surface area contributed by atoms with E-state index in [1.807, 2.05) is 38.2 Å². The first-order chi connectivity index (χ1) is 14.9. The number of amides is 1. The maximum absolute atomic E-state index is 13.7. The summed E-state index contributed by atoms with van der Waals surface area (Å²) in [5, 5.41) is 10.5. The van der Waals surface area contributed by atoms with E-state index in [0.29, 0.717) is 17.2 Å². The molecule has 3 heterocycles. The van der Waals surface area contributed by atoms with Crippen molar-refractivity contribution in [2.45, 2.75) is 33.4 Å². The molecule has 1 atom stereocenters. The Balaban J connectivity index is 1.48. The molecule has 0 aliphatic carbocycles. The number of fused-ring (bicyclic) bond motifs is 1. The highest BCUT2D eigenvalue weighted by Crippen LogP contribution is 2.22. The van der Waals surface area contributed by atoms with Crippen LogP contribution in [0.15, 0.2) is 48.9 Å². The lowest BCUT2D eigenvalue weighted by Crippen LogP contribution is -2.14. The molecule has 0 radical (unpaired) electrons. The topological polar surface area (TPSA) is 97.6 Å². The number of pyridine rings is 1. The Hall–Kier alpha value is -3.88. The molecule has 0 spiro atoms. The normalized spacial score (nSPS) is 12.0. The van der Waals surface area contributed by atoms with E-state index < -0.39 is 11.7 Å². The molecule has 158 valence electrons. The van der Waals surface area contributed by atoms with E-state index in [2.05, 4.69) is 30.7 Å². The molecule has 0 fully saturated rings. The van der Waals surface area contributed by atoms with E-state index in [9.17, 15) is 9.18 Å². The van der Waals surface area contributed by atoms with E-state index in [1.54, 1.807) is 23.9 Å². The molecule has 0 aliphatic rings. The van der Waals surface area contributed by atoms with Gasteiger partial charge in [-0.25, -0.2) is 14.4 Å². The molecule has 8 nitrogen and oxygen atoms in total. The van der Waals surface area contributed by atoms with Crippen LogP contribution in [0.4, 0.5) is 15.9 Å². The van der Waals surface area contributed by atoms with Gasteiger partial charge >= 0.3 is 0 Å². The van der Waals surface area contributed by atoms with Gasteiger partial charge in [-0.3, -0.25) is 14.5 Å². The molecule has 2 N–H and O–H groups in total. The fourth-order valence-corrected chi connectivity index (χ4v) is 3.10. The molecule has 3 aromatic heterocycles. The predicted octanol–water partition coefficient (Wildman–Crippen LogP) is 4.11. The van der Waals surface area contributed by atoms with Gasteiger partial charge in [0.25, 0.3) is 5.91 Å². The van der Waals surface area contributed by atoms with Gasteiger partial charge in [-0.1, -0.05) is 12.1 Å². The van der Waals surface area contributed by atoms with Crippen molar-refractivity contribution in [1.29, 1.82) is 0 Å². The van der Waals surface area contributed by atoms with Gasteiger partial charge in [-0.05, 0) is 44.5 Å². The average molecular weight is 419 g/mol. The van der Waals surface area contributed by atoms with Gasteiger partial charge in [-0.15, -0.1) is 0 Å². The summed E-state index contributed by atoms with van der Waals surface area (Å²) < 4.78 is 15.5. The number of halogens is 1. The van der Waals surface area contributed by atoms with E-state index >= 15 is 0 Å². The van der Waals surface area contributed by atoms with Crippen LogP contribution in [0, 0.1) is 12.7 Å². The number of hydrogen-bond acceptors (Lipinski definition) is 6. The van der Waals surface area contributed by atoms with Gasteiger partial charge in [0.2, 0.25) is 5.65 Å². The molecule has 4 rings (SSSR count). The number of nitrogens with zero attached hydrogens (tertiary/aromatic N) is 5. The van der Waals surface area contributed by atoms with Gasteiger partial charge in [-0.2, -0.15) is 5.10 Å². The lowest BCUT2D eigenvalue weighted by molar-refractivity contribution is 0.102. The summed E-state index contributed by atoms with van der Waals surface area (Å²) in [5.74, 6) is -0.329. The highest BCUT2D eigenvalue weighted by Gasteiger charge is 2.12. The summed E-state index contributed by atoms with van der Waals surface area (Å²) in [6.45, 7) is 6.29. The summed E-state index contributed by atoms with van der Waals surface area (Å²) >= 11 is 0. The molecule has 0 bridgehead atoms. The lowest BCUT2D eigenvalue weighted by atomic mass is 10.1. The largest absolute Gasteiger partial charge is 0.362 e. The number of rotatable bonds is 6. The Labute approximate surface area is 178 Å². The summed E-state index contributed by atoms with van der Waals surface area (Å²) in [6, 6.07) is 8.49. The summed E-state index contributed by atoms with van der Waals surface area (Å²) in [6.07, 6.45) is 4.89. The van der Waals surface area contributed by atoms with E-state index in [0.717, 1.165) is 17.6 Å². The molecule has 0 saturated heterocycles. The van der Waals surface area contributed by atoms with Crippen molar-refractivity contribution in [1.82, 2.24) is 24.7 Å². The smallest absolute Gasteiger partial charge is 0.257 e. The minimum atomic E-state index is -0.513. The Kier molecular flexibility index (Phi) is 5.57. The zero-order chi connectivity index (χ0) is 22.0. The van der Waals surface area contributed by atoms with Gasteiger partial charge in [0.05, 0.1) is 29.7 Å². The molecule has 0 unspecified atom stereocenters. The first kappa shape index (κ1) is 20.4. The fraction of sp³-hybridized carbons (Fsp3) is 0.227. The van der Waals surface area contributed by atoms with Crippen molar-refractivity contribution in [2.75, 3.05) is 10.6 Å². The number of aromatic nitrogens is 5. The highest BCUT2D eigenvalue weighted by molar-refractivity contribution is 6.04. The van der Waals surface area contributed by atoms with Crippen molar-refractivity contribution in [3.8, 4) is 0 Å². The minimum Gasteiger partial charge on any atom is -0.362 e. The molecule has 0 aliphatic heterocycles. The first-order valence-corrected chi connectivity index (χ1v) is 9.93. The Morgan fingerprint density at radius 3 is 2.84 bits per heavy atom. The zero-order valence-electron chi connectivity index (χ0n) is 17.4. The predicted molar refractivity (Wildman–Crippen MR) is 116 cm³/mol. The van der Waals surface area contributed by atoms with Gasteiger partial charge in [0.1, 0.15) is 17.2 Å². The Morgan fingerprint density at radius 2 is 2.06 bits per heavy atom. The maximum atomic E-state index is 13.7. The third kappa shape index (κ3) is 4.50. The van der Waals surface area contributed by atoms with Crippen molar-refractivity contribution in [3.05, 3.63) is 71.6 Å². The third-order valence-electron chi connectivity index (χ3n) is 4.90. The number of anilines is 2. The molecular weight excluding hydrogens is 397 g/mol. The molecule has 31 heavy (non-hydrogen) atoms. The summed E-state index contributed by atoms with van der Waals surface area (Å²) in [5.41, 5.74) is 3.27. The van der Waals surface area contributed by atoms with Crippen molar-refractivity contribution < 1.29 is 9.18 Å². The van der Waals surface area contributed by atoms with Crippen molar-refractivity contribution in [3.63, 3.8) is 0 Å². The molecule has 0 saturated carbocycles. The van der Waals surface area contributed by atoms with Crippen LogP contribution in [0.25, 0.3) is 11.2 Å². The monoisotopic (exact) mass is 419 g/mol. The molecule has 4 aromatic rings. The standard InChI is InChI=1S/C22H22FN7O/c1-4-30-12-19-21(29-30)28-20(11-25-19)26-13(2)15-6-5-7-17(8-15)27-22(31)16-9-18(23)14(3)24-10-16/h5-13H,4H2,1-3H3,(H,27,31)(H,26,28,29)/t13-/m0/s1. The quantitative estimate of drug-likeness (QED) is 0.488. The Bertz CT molecular complexity index is 1250. The summed E-state index contributed by atoms with van der Waals surface area (Å²) in [7, 11) is 0. The van der Waals surface area contributed by atoms with E-state index in [1.165, 1.54) is 12.3 Å². The van der Waals surface area contributed by atoms with Crippen LogP contribution in [0.3, 0.4) is 0 Å². The number of carbonyl (C=O) groups is 1. The number of carbonyl (C=O) groups excluding carboxylic acids is 1. The van der Waals surface area contributed by atoms with Gasteiger partial charge in [0.15, 0.2) is 0 Å². The van der Waals surface area contributed by atoms with Crippen LogP contribution in [-0.4, -0.2) is 30.6 Å². The van der Waals surface area contributed by atoms with Crippen molar-refractivity contribution >= 4 is 28.6 Å². The fourth-order valence-electron chi connectivity index (χ4n) is 3.10. The lowest BCUT2D eigenvalue weighted by Gasteiger charge is -2.16. The summed E-state index contributed by atoms with van der Waals surface area (Å²) in [4.78, 5) is 25.3. The van der Waals surface area contributed by atoms with Gasteiger partial charge in [0, 0.05) is 18.4 Å². The minimum absolute atomic E-state index is 0.102. The van der Waals surface area contributed by atoms with Crippen LogP contribution < -0.4 is 10.6 Å². The van der Waals surface area contributed by atoms with Crippen LogP contribution in [0.5, 0.6) is 0 Å². The second-order valence-corrected chi connectivity index (χ2v) is 7.19. The van der Waals surface area contributed by atoms with Crippen LogP contribution >= 0.6 is 0 Å². The maximum Gasteiger partial charge on any atom is 0.257 e. The SMILES string of the molecule is CCn1cc2ncc(N[C@@H](C)c3cccc(NC(=O)c4cnc(C)c(F)c4)c3)nc2n1. The second-order valence-electron chi connectivity index (χ2n) is 7.19. The number of aryl methyl sites for hydroxylation is 2. The van der Waals surface area contributed by atoms with Crippen molar-refractivity contribution in [2.24, 2.45) is 0 Å². The van der Waals surface area contributed by atoms with Gasteiger partial charge < -0.3 is 10.6 Å². The molecule has 9 heteroatoms. The number of benzene rings is 1. The Morgan fingerprint density at radius 1 is 1.23 bits per heavy atom. The molecule has 1 aromatic carbocycles.